The van der Waals surface area contributed by atoms with Gasteiger partial charge in [-0.1, -0.05) is 0 Å². The molecule has 0 radical (unpaired) electrons. The van der Waals surface area contributed by atoms with Gasteiger partial charge in [0.25, 0.3) is 0 Å². The number of nitrogens with zero attached hydrogens (tertiary/aromatic N) is 2. The number of fused-ring (bicyclic) bond motifs is 1. The number of rotatable bonds is 5. The zero-order valence-electron chi connectivity index (χ0n) is 14.9. The zero-order chi connectivity index (χ0) is 18.8. The Labute approximate surface area is 155 Å². The first-order valence-electron chi connectivity index (χ1n) is 8.44. The number of ether oxygens (including phenoxy) is 1. The van der Waals surface area contributed by atoms with Crippen LogP contribution in [0.25, 0.3) is 0 Å². The first-order valence-corrected chi connectivity index (χ1v) is 9.26. The largest absolute Gasteiger partial charge is 0.435 e. The maximum atomic E-state index is 12.6. The highest BCUT2D eigenvalue weighted by atomic mass is 32.1. The average Bonchev–Trinajstić information content (AvgIpc) is 2.90. The topological polar surface area (TPSA) is 54.5 Å². The van der Waals surface area contributed by atoms with E-state index >= 15 is 0 Å². The van der Waals surface area contributed by atoms with E-state index in [1.165, 1.54) is 17.4 Å². The van der Waals surface area contributed by atoms with Crippen molar-refractivity contribution in [2.45, 2.75) is 46.3 Å². The fourth-order valence-electron chi connectivity index (χ4n) is 3.06. The van der Waals surface area contributed by atoms with Gasteiger partial charge in [0.15, 0.2) is 5.13 Å². The van der Waals surface area contributed by atoms with Crippen LogP contribution in [0, 0.1) is 13.8 Å². The third kappa shape index (κ3) is 3.95. The number of carbonyl (C=O) groups is 1. The van der Waals surface area contributed by atoms with Gasteiger partial charge in [-0.15, -0.1) is 11.3 Å². The third-order valence-electron chi connectivity index (χ3n) is 4.54. The number of halogens is 2. The molecule has 2 aromatic rings. The number of aromatic nitrogens is 1. The summed E-state index contributed by atoms with van der Waals surface area (Å²) in [5, 5.41) is 3.46. The Kier molecular flexibility index (Phi) is 5.41. The van der Waals surface area contributed by atoms with Gasteiger partial charge in [-0.3, -0.25) is 4.79 Å². The number of aryl methyl sites for hydroxylation is 3. The molecule has 26 heavy (non-hydrogen) atoms. The Morgan fingerprint density at radius 2 is 2.15 bits per heavy atom. The summed E-state index contributed by atoms with van der Waals surface area (Å²) in [6, 6.07) is 4.49. The zero-order valence-corrected chi connectivity index (χ0v) is 15.7. The van der Waals surface area contributed by atoms with Gasteiger partial charge in [0.05, 0.1) is 5.69 Å². The van der Waals surface area contributed by atoms with E-state index in [-0.39, 0.29) is 11.7 Å². The molecule has 0 saturated carbocycles. The van der Waals surface area contributed by atoms with Crippen molar-refractivity contribution < 1.29 is 18.3 Å². The molecule has 2 heterocycles. The molecular formula is C18H21F2N3O2S. The SMILES string of the molecule is Cc1nc(NC(=O)[C@H](C)N2CCCc3cc(OC(F)F)ccc32)sc1C. The minimum Gasteiger partial charge on any atom is -0.435 e. The summed E-state index contributed by atoms with van der Waals surface area (Å²) >= 11 is 1.45. The summed E-state index contributed by atoms with van der Waals surface area (Å²) in [6.45, 7) is 3.59. The first kappa shape index (κ1) is 18.6. The fraction of sp³-hybridized carbons (Fsp3) is 0.444. The standard InChI is InChI=1S/C18H21F2N3O2S/c1-10-12(3)26-18(21-10)22-16(24)11(2)23-8-4-5-13-9-14(25-17(19)20)6-7-15(13)23/h6-7,9,11,17H,4-5,8H2,1-3H3,(H,21,22,24)/t11-/m0/s1. The Bertz CT molecular complexity index is 790. The van der Waals surface area contributed by atoms with E-state index in [0.29, 0.717) is 5.13 Å². The second-order valence-electron chi connectivity index (χ2n) is 6.29. The van der Waals surface area contributed by atoms with Crippen LogP contribution in [0.1, 0.15) is 29.5 Å². The van der Waals surface area contributed by atoms with Crippen LogP contribution in [0.5, 0.6) is 5.75 Å². The van der Waals surface area contributed by atoms with Crippen LogP contribution in [-0.4, -0.2) is 30.1 Å². The Balaban J connectivity index is 1.76. The molecule has 1 aliphatic heterocycles. The molecule has 8 heteroatoms. The van der Waals surface area contributed by atoms with Crippen molar-refractivity contribution in [3.8, 4) is 5.75 Å². The van der Waals surface area contributed by atoms with Gasteiger partial charge in [-0.2, -0.15) is 8.78 Å². The summed E-state index contributed by atoms with van der Waals surface area (Å²) in [6.07, 6.45) is 1.61. The molecule has 5 nitrogen and oxygen atoms in total. The summed E-state index contributed by atoms with van der Waals surface area (Å²) in [5.74, 6) is 0.00551. The number of hydrogen-bond donors (Lipinski definition) is 1. The smallest absolute Gasteiger partial charge is 0.387 e. The molecular weight excluding hydrogens is 360 g/mol. The highest BCUT2D eigenvalue weighted by Crippen LogP contribution is 2.32. The van der Waals surface area contributed by atoms with E-state index in [4.69, 9.17) is 0 Å². The van der Waals surface area contributed by atoms with Gasteiger partial charge in [-0.25, -0.2) is 4.98 Å². The molecule has 3 rings (SSSR count). The molecule has 0 unspecified atom stereocenters. The third-order valence-corrected chi connectivity index (χ3v) is 5.52. The molecule has 0 saturated heterocycles. The molecule has 1 atom stereocenters. The number of nitrogens with one attached hydrogen (secondary N) is 1. The van der Waals surface area contributed by atoms with Crippen LogP contribution in [0.2, 0.25) is 0 Å². The second-order valence-corrected chi connectivity index (χ2v) is 7.50. The number of carbonyl (C=O) groups excluding carboxylic acids is 1. The summed E-state index contributed by atoms with van der Waals surface area (Å²) in [4.78, 5) is 20.1. The lowest BCUT2D eigenvalue weighted by molar-refractivity contribution is -0.117. The Morgan fingerprint density at radius 3 is 2.81 bits per heavy atom. The van der Waals surface area contributed by atoms with Crippen LogP contribution < -0.4 is 15.0 Å². The number of hydrogen-bond acceptors (Lipinski definition) is 5. The molecule has 1 aliphatic rings. The Morgan fingerprint density at radius 1 is 1.38 bits per heavy atom. The van der Waals surface area contributed by atoms with E-state index in [0.717, 1.165) is 41.2 Å². The fourth-order valence-corrected chi connectivity index (χ4v) is 3.88. The van der Waals surface area contributed by atoms with Gasteiger partial charge < -0.3 is 15.0 Å². The van der Waals surface area contributed by atoms with Gasteiger partial charge in [0.2, 0.25) is 5.91 Å². The van der Waals surface area contributed by atoms with Gasteiger partial charge >= 0.3 is 6.61 Å². The number of benzene rings is 1. The molecule has 1 amide bonds. The van der Waals surface area contributed by atoms with Crippen molar-refractivity contribution in [2.24, 2.45) is 0 Å². The molecule has 0 aliphatic carbocycles. The summed E-state index contributed by atoms with van der Waals surface area (Å²) in [5.41, 5.74) is 2.70. The second kappa shape index (κ2) is 7.57. The van der Waals surface area contributed by atoms with Crippen LogP contribution >= 0.6 is 11.3 Å². The minimum absolute atomic E-state index is 0.139. The molecule has 0 spiro atoms. The lowest BCUT2D eigenvalue weighted by atomic mass is 9.99. The normalized spacial score (nSPS) is 14.9. The van der Waals surface area contributed by atoms with Crippen molar-refractivity contribution in [1.29, 1.82) is 0 Å². The molecule has 0 bridgehead atoms. The van der Waals surface area contributed by atoms with Crippen molar-refractivity contribution in [1.82, 2.24) is 4.98 Å². The molecule has 0 fully saturated rings. The quantitative estimate of drug-likeness (QED) is 0.846. The summed E-state index contributed by atoms with van der Waals surface area (Å²) < 4.78 is 29.3. The van der Waals surface area contributed by atoms with Crippen LogP contribution in [0.15, 0.2) is 18.2 Å². The highest BCUT2D eigenvalue weighted by molar-refractivity contribution is 7.15. The van der Waals surface area contributed by atoms with Crippen LogP contribution in [0.4, 0.5) is 19.6 Å². The number of anilines is 2. The number of thiazole rings is 1. The molecule has 1 aromatic heterocycles. The predicted molar refractivity (Wildman–Crippen MR) is 98.4 cm³/mol. The van der Waals surface area contributed by atoms with Crippen LogP contribution in [0.3, 0.4) is 0 Å². The van der Waals surface area contributed by atoms with E-state index < -0.39 is 12.7 Å². The highest BCUT2D eigenvalue weighted by Gasteiger charge is 2.27. The maximum absolute atomic E-state index is 12.6. The maximum Gasteiger partial charge on any atom is 0.387 e. The molecule has 140 valence electrons. The van der Waals surface area contributed by atoms with Gasteiger partial charge in [-0.05, 0) is 57.4 Å². The lowest BCUT2D eigenvalue weighted by Crippen LogP contribution is -2.44. The van der Waals surface area contributed by atoms with E-state index in [9.17, 15) is 13.6 Å². The Hall–Kier alpha value is -2.22. The average molecular weight is 381 g/mol. The molecule has 1 N–H and O–H groups in total. The van der Waals surface area contributed by atoms with Gasteiger partial charge in [0.1, 0.15) is 11.8 Å². The van der Waals surface area contributed by atoms with Gasteiger partial charge in [0, 0.05) is 17.1 Å². The lowest BCUT2D eigenvalue weighted by Gasteiger charge is -2.35. The van der Waals surface area contributed by atoms with E-state index in [1.807, 2.05) is 25.7 Å². The predicted octanol–water partition coefficient (Wildman–Crippen LogP) is 4.14. The van der Waals surface area contributed by atoms with Crippen molar-refractivity contribution in [2.75, 3.05) is 16.8 Å². The number of alkyl halides is 2. The van der Waals surface area contributed by atoms with Crippen LogP contribution in [-0.2, 0) is 11.2 Å². The summed E-state index contributed by atoms with van der Waals surface area (Å²) in [7, 11) is 0. The van der Waals surface area contributed by atoms with E-state index in [2.05, 4.69) is 15.0 Å². The first-order chi connectivity index (χ1) is 12.3. The number of amides is 1. The molecule has 1 aromatic carbocycles. The van der Waals surface area contributed by atoms with Crippen molar-refractivity contribution in [3.63, 3.8) is 0 Å². The minimum atomic E-state index is -2.84. The van der Waals surface area contributed by atoms with Crippen molar-refractivity contribution in [3.05, 3.63) is 34.3 Å². The van der Waals surface area contributed by atoms with Crippen molar-refractivity contribution >= 4 is 28.1 Å². The van der Waals surface area contributed by atoms with E-state index in [1.54, 1.807) is 12.1 Å². The monoisotopic (exact) mass is 381 g/mol.